The third kappa shape index (κ3) is 4.89. The first-order valence-corrected chi connectivity index (χ1v) is 8.87. The molecule has 0 spiro atoms. The molecule has 126 valence electrons. The minimum Gasteiger partial charge on any atom is -0.356 e. The molecule has 1 saturated heterocycles. The lowest BCUT2D eigenvalue weighted by molar-refractivity contribution is -0.129. The highest BCUT2D eigenvalue weighted by atomic mass is 16.2. The zero-order valence-electron chi connectivity index (χ0n) is 14.4. The summed E-state index contributed by atoms with van der Waals surface area (Å²) in [5.41, 5.74) is 0. The number of likely N-dealkylation sites (tertiary alicyclic amines) is 1. The average molecular weight is 308 g/mol. The number of guanidine groups is 1. The molecule has 1 amide bonds. The summed E-state index contributed by atoms with van der Waals surface area (Å²) in [5, 5.41) is 6.94. The summed E-state index contributed by atoms with van der Waals surface area (Å²) in [6, 6.07) is 0.327. The van der Waals surface area contributed by atoms with E-state index in [1.807, 2.05) is 18.9 Å². The summed E-state index contributed by atoms with van der Waals surface area (Å²) in [4.78, 5) is 18.0. The van der Waals surface area contributed by atoms with Crippen LogP contribution in [0.25, 0.3) is 0 Å². The first kappa shape index (κ1) is 17.1. The van der Waals surface area contributed by atoms with Crippen molar-refractivity contribution in [3.8, 4) is 0 Å². The van der Waals surface area contributed by atoms with E-state index < -0.39 is 0 Å². The molecule has 0 aromatic heterocycles. The van der Waals surface area contributed by atoms with E-state index in [0.29, 0.717) is 12.5 Å². The lowest BCUT2D eigenvalue weighted by atomic mass is 9.83. The van der Waals surface area contributed by atoms with Gasteiger partial charge in [0.25, 0.3) is 0 Å². The molecule has 0 aromatic rings. The largest absolute Gasteiger partial charge is 0.356 e. The minimum absolute atomic E-state index is 0.253. The van der Waals surface area contributed by atoms with Crippen molar-refractivity contribution in [2.45, 2.75) is 58.4 Å². The molecule has 1 saturated carbocycles. The second kappa shape index (κ2) is 8.39. The number of nitrogens with one attached hydrogen (secondary N) is 2. The molecule has 1 unspecified atom stereocenters. The van der Waals surface area contributed by atoms with Crippen LogP contribution < -0.4 is 10.6 Å². The van der Waals surface area contributed by atoms with Crippen LogP contribution in [0.2, 0.25) is 0 Å². The van der Waals surface area contributed by atoms with E-state index in [1.165, 1.54) is 25.7 Å². The van der Waals surface area contributed by atoms with Gasteiger partial charge in [-0.15, -0.1) is 0 Å². The van der Waals surface area contributed by atoms with E-state index in [2.05, 4.69) is 22.5 Å². The van der Waals surface area contributed by atoms with E-state index in [9.17, 15) is 4.79 Å². The van der Waals surface area contributed by atoms with Gasteiger partial charge in [-0.3, -0.25) is 9.79 Å². The SMILES string of the molecule is CCC(=O)N1CCC(NC(=NC)NCC2CCC(C)CC2)C1. The third-order valence-electron chi connectivity index (χ3n) is 5.10. The standard InChI is InChI=1S/C17H32N4O/c1-4-16(22)21-10-9-15(12-21)20-17(18-3)19-11-14-7-5-13(2)6-8-14/h13-15H,4-12H2,1-3H3,(H2,18,19,20). The fraction of sp³-hybridized carbons (Fsp3) is 0.882. The van der Waals surface area contributed by atoms with Crippen LogP contribution in [-0.2, 0) is 4.79 Å². The normalized spacial score (nSPS) is 29.5. The Kier molecular flexibility index (Phi) is 6.52. The summed E-state index contributed by atoms with van der Waals surface area (Å²) in [5.74, 6) is 2.81. The molecule has 22 heavy (non-hydrogen) atoms. The monoisotopic (exact) mass is 308 g/mol. The molecule has 1 aliphatic carbocycles. The van der Waals surface area contributed by atoms with Crippen molar-refractivity contribution in [3.63, 3.8) is 0 Å². The maximum atomic E-state index is 11.7. The summed E-state index contributed by atoms with van der Waals surface area (Å²) in [7, 11) is 1.82. The molecule has 2 rings (SSSR count). The molecular weight excluding hydrogens is 276 g/mol. The maximum Gasteiger partial charge on any atom is 0.222 e. The van der Waals surface area contributed by atoms with Crippen LogP contribution in [0.15, 0.2) is 4.99 Å². The van der Waals surface area contributed by atoms with Crippen LogP contribution in [-0.4, -0.2) is 49.5 Å². The molecule has 1 aliphatic heterocycles. The van der Waals surface area contributed by atoms with Crippen LogP contribution in [0.5, 0.6) is 0 Å². The smallest absolute Gasteiger partial charge is 0.222 e. The Morgan fingerprint density at radius 1 is 1.23 bits per heavy atom. The van der Waals surface area contributed by atoms with Crippen molar-refractivity contribution in [1.29, 1.82) is 0 Å². The zero-order valence-corrected chi connectivity index (χ0v) is 14.4. The second-order valence-corrected chi connectivity index (χ2v) is 6.90. The fourth-order valence-electron chi connectivity index (χ4n) is 3.49. The maximum absolute atomic E-state index is 11.7. The van der Waals surface area contributed by atoms with Crippen LogP contribution >= 0.6 is 0 Å². The number of amides is 1. The van der Waals surface area contributed by atoms with E-state index in [1.54, 1.807) is 0 Å². The minimum atomic E-state index is 0.253. The van der Waals surface area contributed by atoms with Gasteiger partial charge in [-0.2, -0.15) is 0 Å². The van der Waals surface area contributed by atoms with Gasteiger partial charge < -0.3 is 15.5 Å². The Hall–Kier alpha value is -1.26. The molecule has 2 fully saturated rings. The number of carbonyl (C=O) groups excluding carboxylic acids is 1. The third-order valence-corrected chi connectivity index (χ3v) is 5.10. The van der Waals surface area contributed by atoms with Crippen LogP contribution in [0, 0.1) is 11.8 Å². The van der Waals surface area contributed by atoms with Gasteiger partial charge in [-0.25, -0.2) is 0 Å². The van der Waals surface area contributed by atoms with Gasteiger partial charge in [0.1, 0.15) is 0 Å². The second-order valence-electron chi connectivity index (χ2n) is 6.90. The fourth-order valence-corrected chi connectivity index (χ4v) is 3.49. The Morgan fingerprint density at radius 3 is 2.59 bits per heavy atom. The average Bonchev–Trinajstić information content (AvgIpc) is 3.00. The number of hydrogen-bond acceptors (Lipinski definition) is 2. The topological polar surface area (TPSA) is 56.7 Å². The van der Waals surface area contributed by atoms with Crippen molar-refractivity contribution >= 4 is 11.9 Å². The Balaban J connectivity index is 1.70. The number of hydrogen-bond donors (Lipinski definition) is 2. The molecule has 1 atom stereocenters. The first-order chi connectivity index (χ1) is 10.6. The Morgan fingerprint density at radius 2 is 1.95 bits per heavy atom. The summed E-state index contributed by atoms with van der Waals surface area (Å²) in [6.45, 7) is 6.95. The first-order valence-electron chi connectivity index (χ1n) is 8.87. The number of rotatable bonds is 4. The summed E-state index contributed by atoms with van der Waals surface area (Å²) in [6.07, 6.45) is 6.97. The van der Waals surface area contributed by atoms with Gasteiger partial charge in [0.15, 0.2) is 5.96 Å². The molecule has 0 aromatic carbocycles. The molecule has 5 nitrogen and oxygen atoms in total. The molecule has 2 N–H and O–H groups in total. The highest BCUT2D eigenvalue weighted by molar-refractivity contribution is 5.80. The predicted octanol–water partition coefficient (Wildman–Crippen LogP) is 1.99. The van der Waals surface area contributed by atoms with E-state index in [-0.39, 0.29) is 5.91 Å². The Labute approximate surface area is 134 Å². The van der Waals surface area contributed by atoms with Crippen LogP contribution in [0.3, 0.4) is 0 Å². The molecule has 5 heteroatoms. The van der Waals surface area contributed by atoms with Gasteiger partial charge in [0, 0.05) is 39.1 Å². The highest BCUT2D eigenvalue weighted by Gasteiger charge is 2.26. The van der Waals surface area contributed by atoms with Crippen LogP contribution in [0.1, 0.15) is 52.4 Å². The number of nitrogens with zero attached hydrogens (tertiary/aromatic N) is 2. The van der Waals surface area contributed by atoms with Gasteiger partial charge in [0.05, 0.1) is 0 Å². The van der Waals surface area contributed by atoms with Crippen molar-refractivity contribution < 1.29 is 4.79 Å². The lowest BCUT2D eigenvalue weighted by Crippen LogP contribution is -2.46. The van der Waals surface area contributed by atoms with Gasteiger partial charge in [-0.05, 0) is 31.1 Å². The van der Waals surface area contributed by atoms with E-state index in [0.717, 1.165) is 43.9 Å². The predicted molar refractivity (Wildman–Crippen MR) is 90.9 cm³/mol. The Bertz CT molecular complexity index is 388. The quantitative estimate of drug-likeness (QED) is 0.617. The van der Waals surface area contributed by atoms with Gasteiger partial charge >= 0.3 is 0 Å². The van der Waals surface area contributed by atoms with Crippen molar-refractivity contribution in [1.82, 2.24) is 15.5 Å². The van der Waals surface area contributed by atoms with Gasteiger partial charge in [0.2, 0.25) is 5.91 Å². The number of aliphatic imine (C=N–C) groups is 1. The molecule has 2 aliphatic rings. The number of carbonyl (C=O) groups is 1. The lowest BCUT2D eigenvalue weighted by Gasteiger charge is -2.27. The zero-order chi connectivity index (χ0) is 15.9. The van der Waals surface area contributed by atoms with Crippen molar-refractivity contribution in [2.24, 2.45) is 16.8 Å². The van der Waals surface area contributed by atoms with Crippen molar-refractivity contribution in [3.05, 3.63) is 0 Å². The van der Waals surface area contributed by atoms with Crippen molar-refractivity contribution in [2.75, 3.05) is 26.7 Å². The molecule has 0 bridgehead atoms. The summed E-state index contributed by atoms with van der Waals surface area (Å²) >= 11 is 0. The van der Waals surface area contributed by atoms with E-state index >= 15 is 0 Å². The molecule has 0 radical (unpaired) electrons. The van der Waals surface area contributed by atoms with E-state index in [4.69, 9.17) is 0 Å². The highest BCUT2D eigenvalue weighted by Crippen LogP contribution is 2.27. The molecular formula is C17H32N4O. The van der Waals surface area contributed by atoms with Gasteiger partial charge in [-0.1, -0.05) is 26.7 Å². The summed E-state index contributed by atoms with van der Waals surface area (Å²) < 4.78 is 0. The van der Waals surface area contributed by atoms with Crippen LogP contribution in [0.4, 0.5) is 0 Å². The molecule has 1 heterocycles.